The molecule has 0 bridgehead atoms. The Morgan fingerprint density at radius 3 is 0.915 bits per heavy atom. The van der Waals surface area contributed by atoms with Gasteiger partial charge in [0.1, 0.15) is 0 Å². The maximum Gasteiger partial charge on any atom is 0.0361 e. The zero-order valence-corrected chi connectivity index (χ0v) is 52.9. The Labute approximate surface area is 553 Å². The van der Waals surface area contributed by atoms with E-state index in [1.54, 1.807) is 0 Å². The van der Waals surface area contributed by atoms with E-state index in [1.807, 2.05) is 22.7 Å². The van der Waals surface area contributed by atoms with Crippen LogP contribution >= 0.6 is 22.7 Å². The van der Waals surface area contributed by atoms with Gasteiger partial charge in [0.15, 0.2) is 0 Å². The first-order valence-electron chi connectivity index (χ1n) is 32.3. The molecule has 0 amide bonds. The highest BCUT2D eigenvalue weighted by Gasteiger charge is 2.22. The smallest absolute Gasteiger partial charge is 0.0361 e. The Balaban J connectivity index is 0.000000140. The van der Waals surface area contributed by atoms with Crippen molar-refractivity contribution in [3.8, 4) is 89.0 Å². The van der Waals surface area contributed by atoms with Crippen molar-refractivity contribution in [2.24, 2.45) is 0 Å². The molecule has 2 aromatic heterocycles. The number of fused-ring (bicyclic) bond motifs is 11. The lowest BCUT2D eigenvalue weighted by Gasteiger charge is -2.20. The Kier molecular flexibility index (Phi) is 13.7. The van der Waals surface area contributed by atoms with Crippen LogP contribution in [0, 0.1) is 0 Å². The van der Waals surface area contributed by atoms with Gasteiger partial charge in [-0.05, 0) is 179 Å². The molecular formula is C92H58S2. The molecule has 0 nitrogen and oxygen atoms in total. The van der Waals surface area contributed by atoms with E-state index in [4.69, 9.17) is 0 Å². The van der Waals surface area contributed by atoms with E-state index in [-0.39, 0.29) is 0 Å². The van der Waals surface area contributed by atoms with Gasteiger partial charge in [0.25, 0.3) is 0 Å². The average molecular weight is 1230 g/mol. The molecular weight excluding hydrogens is 1170 g/mol. The molecule has 0 saturated carbocycles. The molecule has 94 heavy (non-hydrogen) atoms. The van der Waals surface area contributed by atoms with Crippen molar-refractivity contribution >= 4 is 117 Å². The molecule has 0 spiro atoms. The van der Waals surface area contributed by atoms with Crippen LogP contribution in [0.4, 0.5) is 0 Å². The van der Waals surface area contributed by atoms with Gasteiger partial charge in [0, 0.05) is 40.3 Å². The summed E-state index contributed by atoms with van der Waals surface area (Å²) in [4.78, 5) is 0. The molecule has 19 rings (SSSR count). The highest BCUT2D eigenvalue weighted by molar-refractivity contribution is 7.26. The van der Waals surface area contributed by atoms with Gasteiger partial charge < -0.3 is 0 Å². The van der Waals surface area contributed by atoms with Crippen molar-refractivity contribution < 1.29 is 0 Å². The van der Waals surface area contributed by atoms with Gasteiger partial charge in [0.2, 0.25) is 0 Å². The molecule has 2 heteroatoms. The number of benzene rings is 17. The van der Waals surface area contributed by atoms with E-state index in [0.29, 0.717) is 0 Å². The standard InChI is InChI=1S/C50H32S.C42H26S/c1-3-12-33(13-4-1)35-22-26-37(27-23-35)48-41-16-7-8-17-42(41)49(38-28-24-36(25-29-38)34-14-5-2-6-15-34)45-32-39(30-31-43(45)48)40-19-11-21-47-50(40)44-18-9-10-20-46(44)51-47;1-2-13-28(14-3-1)40-33-17-6-7-18-34(33)41(32-21-10-15-27-12-4-5-16-30(27)32)35-25-24-29(26-37(35)40)31-20-11-23-39-42(31)36-19-8-9-22-38(36)43-39/h1-32H;1-26H. The second-order valence-corrected chi connectivity index (χ2v) is 26.6. The van der Waals surface area contributed by atoms with Gasteiger partial charge in [-0.2, -0.15) is 0 Å². The van der Waals surface area contributed by atoms with Crippen LogP contribution in [0.1, 0.15) is 0 Å². The van der Waals surface area contributed by atoms with E-state index < -0.39 is 0 Å². The van der Waals surface area contributed by atoms with Crippen LogP contribution in [0.15, 0.2) is 352 Å². The van der Waals surface area contributed by atoms with E-state index in [0.717, 1.165) is 0 Å². The highest BCUT2D eigenvalue weighted by atomic mass is 32.1. The molecule has 0 fully saturated rings. The van der Waals surface area contributed by atoms with Crippen molar-refractivity contribution in [3.05, 3.63) is 352 Å². The lowest BCUT2D eigenvalue weighted by atomic mass is 9.83. The molecule has 438 valence electrons. The summed E-state index contributed by atoms with van der Waals surface area (Å²) in [5, 5.41) is 18.0. The minimum atomic E-state index is 1.22. The summed E-state index contributed by atoms with van der Waals surface area (Å²) in [5.74, 6) is 0. The van der Waals surface area contributed by atoms with Crippen molar-refractivity contribution in [1.29, 1.82) is 0 Å². The van der Waals surface area contributed by atoms with Crippen LogP contribution in [-0.4, -0.2) is 0 Å². The van der Waals surface area contributed by atoms with E-state index in [2.05, 4.69) is 352 Å². The molecule has 0 radical (unpaired) electrons. The predicted octanol–water partition coefficient (Wildman–Crippen LogP) is 27.2. The van der Waals surface area contributed by atoms with E-state index in [1.165, 1.54) is 183 Å². The fraction of sp³-hybridized carbons (Fsp3) is 0. The molecule has 0 unspecified atom stereocenters. The van der Waals surface area contributed by atoms with Crippen molar-refractivity contribution in [2.45, 2.75) is 0 Å². The second-order valence-electron chi connectivity index (χ2n) is 24.4. The predicted molar refractivity (Wildman–Crippen MR) is 410 cm³/mol. The van der Waals surface area contributed by atoms with Crippen LogP contribution in [0.3, 0.4) is 0 Å². The molecule has 0 N–H and O–H groups in total. The summed E-state index contributed by atoms with van der Waals surface area (Å²) in [5.41, 5.74) is 20.0. The first-order valence-corrected chi connectivity index (χ1v) is 33.9. The summed E-state index contributed by atoms with van der Waals surface area (Å²) in [6.45, 7) is 0. The normalized spacial score (nSPS) is 11.6. The lowest BCUT2D eigenvalue weighted by Crippen LogP contribution is -1.92. The largest absolute Gasteiger partial charge is 0.135 e. The third-order valence-corrected chi connectivity index (χ3v) is 21.4. The average Bonchev–Trinajstić information content (AvgIpc) is 0.864. The van der Waals surface area contributed by atoms with Crippen LogP contribution in [0.5, 0.6) is 0 Å². The Morgan fingerprint density at radius 1 is 0.149 bits per heavy atom. The van der Waals surface area contributed by atoms with Crippen LogP contribution in [0.2, 0.25) is 0 Å². The molecule has 2 heterocycles. The molecule has 17 aromatic carbocycles. The van der Waals surface area contributed by atoms with Crippen molar-refractivity contribution in [1.82, 2.24) is 0 Å². The lowest BCUT2D eigenvalue weighted by molar-refractivity contribution is 1.60. The van der Waals surface area contributed by atoms with Gasteiger partial charge in [0.05, 0.1) is 0 Å². The number of rotatable bonds is 8. The van der Waals surface area contributed by atoms with Gasteiger partial charge in [-0.25, -0.2) is 0 Å². The zero-order chi connectivity index (χ0) is 62.1. The topological polar surface area (TPSA) is 0 Å². The minimum Gasteiger partial charge on any atom is -0.135 e. The van der Waals surface area contributed by atoms with Gasteiger partial charge in [-0.15, -0.1) is 22.7 Å². The Hall–Kier alpha value is -11.5. The van der Waals surface area contributed by atoms with Gasteiger partial charge in [-0.3, -0.25) is 0 Å². The van der Waals surface area contributed by atoms with Crippen LogP contribution in [0.25, 0.3) is 183 Å². The first-order chi connectivity index (χ1) is 46.6. The van der Waals surface area contributed by atoms with Gasteiger partial charge in [-0.1, -0.05) is 315 Å². The summed E-state index contributed by atoms with van der Waals surface area (Å²) in [6, 6.07) is 129. The highest BCUT2D eigenvalue weighted by Crippen LogP contribution is 2.50. The van der Waals surface area contributed by atoms with Crippen molar-refractivity contribution in [3.63, 3.8) is 0 Å². The van der Waals surface area contributed by atoms with Crippen LogP contribution in [-0.2, 0) is 0 Å². The number of hydrogen-bond acceptors (Lipinski definition) is 2. The fourth-order valence-electron chi connectivity index (χ4n) is 14.9. The molecule has 0 saturated heterocycles. The Morgan fingerprint density at radius 2 is 0.436 bits per heavy atom. The van der Waals surface area contributed by atoms with Gasteiger partial charge >= 0.3 is 0 Å². The summed E-state index contributed by atoms with van der Waals surface area (Å²) < 4.78 is 5.31. The molecule has 19 aromatic rings. The summed E-state index contributed by atoms with van der Waals surface area (Å²) in [7, 11) is 0. The molecule has 0 aliphatic carbocycles. The second kappa shape index (κ2) is 23.3. The van der Waals surface area contributed by atoms with E-state index in [9.17, 15) is 0 Å². The SMILES string of the molecule is c1ccc(-c2c3ccccc3c(-c3cccc4ccccc34)c3ccc(-c4cccc5sc6ccccc6c45)cc23)cc1.c1ccc(-c2ccc(-c3c4ccccc4c(-c4ccc(-c5ccccc5)cc4)c4cc(-c5cccc6sc7ccccc7c56)ccc34)cc2)cc1. The number of thiophene rings is 2. The zero-order valence-electron chi connectivity index (χ0n) is 51.3. The minimum absolute atomic E-state index is 1.22. The van der Waals surface area contributed by atoms with E-state index >= 15 is 0 Å². The summed E-state index contributed by atoms with van der Waals surface area (Å²) >= 11 is 3.75. The van der Waals surface area contributed by atoms with Crippen LogP contribution < -0.4 is 0 Å². The first kappa shape index (κ1) is 55.3. The molecule has 0 atom stereocenters. The maximum absolute atomic E-state index is 2.45. The Bertz CT molecular complexity index is 6110. The third kappa shape index (κ3) is 9.49. The third-order valence-electron chi connectivity index (χ3n) is 19.2. The maximum atomic E-state index is 2.45. The number of hydrogen-bond donors (Lipinski definition) is 0. The monoisotopic (exact) mass is 1230 g/mol. The quantitative estimate of drug-likeness (QED) is 0.133. The summed E-state index contributed by atoms with van der Waals surface area (Å²) in [6.07, 6.45) is 0. The fourth-order valence-corrected chi connectivity index (χ4v) is 17.2. The molecule has 0 aliphatic rings. The van der Waals surface area contributed by atoms with Crippen molar-refractivity contribution in [2.75, 3.05) is 0 Å². The molecule has 0 aliphatic heterocycles.